The van der Waals surface area contributed by atoms with Crippen molar-refractivity contribution in [3.63, 3.8) is 0 Å². The van der Waals surface area contributed by atoms with Crippen LogP contribution in [0.5, 0.6) is 0 Å². The van der Waals surface area contributed by atoms with Gasteiger partial charge in [0.05, 0.1) is 6.61 Å². The number of hydrogen-bond acceptors (Lipinski definition) is 4. The van der Waals surface area contributed by atoms with Gasteiger partial charge in [0, 0.05) is 39.3 Å². The zero-order chi connectivity index (χ0) is 9.52. The lowest BCUT2D eigenvalue weighted by Crippen LogP contribution is -2.37. The predicted octanol–water partition coefficient (Wildman–Crippen LogP) is -0.758. The van der Waals surface area contributed by atoms with Gasteiger partial charge in [-0.1, -0.05) is 0 Å². The van der Waals surface area contributed by atoms with E-state index < -0.39 is 0 Å². The molecule has 1 unspecified atom stereocenters. The Hall–Kier alpha value is -0.160. The van der Waals surface area contributed by atoms with Crippen molar-refractivity contribution in [1.82, 2.24) is 4.90 Å². The van der Waals surface area contributed by atoms with Gasteiger partial charge in [-0.15, -0.1) is 0 Å². The van der Waals surface area contributed by atoms with E-state index in [1.54, 1.807) is 0 Å². The zero-order valence-electron chi connectivity index (χ0n) is 8.24. The first-order valence-electron chi connectivity index (χ1n) is 5.07. The third kappa shape index (κ3) is 4.04. The van der Waals surface area contributed by atoms with Gasteiger partial charge in [0.2, 0.25) is 0 Å². The summed E-state index contributed by atoms with van der Waals surface area (Å²) in [4.78, 5) is 2.33. The molecule has 1 saturated heterocycles. The minimum Gasteiger partial charge on any atom is -0.381 e. The van der Waals surface area contributed by atoms with Crippen molar-refractivity contribution in [3.8, 4) is 0 Å². The Bertz CT molecular complexity index is 120. The highest BCUT2D eigenvalue weighted by Crippen LogP contribution is 2.13. The van der Waals surface area contributed by atoms with Crippen LogP contribution in [0.15, 0.2) is 0 Å². The standard InChI is InChI=1S/C9H21N3O/c10-2-4-12(5-3-11)7-9-1-6-13-8-9/h9H,1-8,10-11H2. The highest BCUT2D eigenvalue weighted by molar-refractivity contribution is 4.70. The summed E-state index contributed by atoms with van der Waals surface area (Å²) in [7, 11) is 0. The van der Waals surface area contributed by atoms with Crippen LogP contribution in [0.3, 0.4) is 0 Å². The molecule has 0 radical (unpaired) electrons. The first kappa shape index (κ1) is 10.9. The lowest BCUT2D eigenvalue weighted by molar-refractivity contribution is 0.169. The van der Waals surface area contributed by atoms with Gasteiger partial charge >= 0.3 is 0 Å². The second-order valence-corrected chi connectivity index (χ2v) is 3.61. The van der Waals surface area contributed by atoms with Crippen LogP contribution in [0.25, 0.3) is 0 Å². The second-order valence-electron chi connectivity index (χ2n) is 3.61. The summed E-state index contributed by atoms with van der Waals surface area (Å²) in [5.41, 5.74) is 11.0. The van der Waals surface area contributed by atoms with Gasteiger partial charge in [0.15, 0.2) is 0 Å². The van der Waals surface area contributed by atoms with Crippen LogP contribution in [0.4, 0.5) is 0 Å². The molecule has 1 aliphatic rings. The van der Waals surface area contributed by atoms with E-state index in [1.807, 2.05) is 0 Å². The van der Waals surface area contributed by atoms with E-state index in [2.05, 4.69) is 4.90 Å². The average Bonchev–Trinajstić information content (AvgIpc) is 2.58. The Balaban J connectivity index is 2.19. The van der Waals surface area contributed by atoms with E-state index in [0.29, 0.717) is 19.0 Å². The lowest BCUT2D eigenvalue weighted by atomic mass is 10.1. The van der Waals surface area contributed by atoms with Gasteiger partial charge in [-0.05, 0) is 12.3 Å². The van der Waals surface area contributed by atoms with Crippen LogP contribution < -0.4 is 11.5 Å². The smallest absolute Gasteiger partial charge is 0.0507 e. The Morgan fingerprint density at radius 3 is 2.38 bits per heavy atom. The van der Waals surface area contributed by atoms with Crippen LogP contribution >= 0.6 is 0 Å². The Morgan fingerprint density at radius 2 is 1.92 bits per heavy atom. The number of nitrogens with two attached hydrogens (primary N) is 2. The minimum atomic E-state index is 0.693. The van der Waals surface area contributed by atoms with Crippen LogP contribution in [0.1, 0.15) is 6.42 Å². The van der Waals surface area contributed by atoms with Crippen molar-refractivity contribution in [3.05, 3.63) is 0 Å². The fourth-order valence-electron chi connectivity index (χ4n) is 1.75. The third-order valence-corrected chi connectivity index (χ3v) is 2.43. The summed E-state index contributed by atoms with van der Waals surface area (Å²) in [6, 6.07) is 0. The third-order valence-electron chi connectivity index (χ3n) is 2.43. The van der Waals surface area contributed by atoms with Crippen molar-refractivity contribution in [1.29, 1.82) is 0 Å². The highest BCUT2D eigenvalue weighted by atomic mass is 16.5. The molecule has 0 spiro atoms. The molecule has 0 aromatic carbocycles. The van der Waals surface area contributed by atoms with Gasteiger partial charge < -0.3 is 21.1 Å². The SMILES string of the molecule is NCCN(CCN)CC1CCOC1. The molecule has 1 heterocycles. The largest absolute Gasteiger partial charge is 0.381 e. The minimum absolute atomic E-state index is 0.693. The molecule has 1 aliphatic heterocycles. The molecular weight excluding hydrogens is 166 g/mol. The molecule has 4 heteroatoms. The maximum atomic E-state index is 5.52. The Kier molecular flexibility index (Phi) is 5.31. The van der Waals surface area contributed by atoms with Crippen LogP contribution in [0, 0.1) is 5.92 Å². The molecule has 0 amide bonds. The highest BCUT2D eigenvalue weighted by Gasteiger charge is 2.18. The number of nitrogens with zero attached hydrogens (tertiary/aromatic N) is 1. The normalized spacial score (nSPS) is 22.8. The van der Waals surface area contributed by atoms with Gasteiger partial charge in [0.1, 0.15) is 0 Å². The summed E-state index contributed by atoms with van der Waals surface area (Å²) < 4.78 is 5.33. The molecule has 1 atom stereocenters. The van der Waals surface area contributed by atoms with Gasteiger partial charge in [-0.3, -0.25) is 0 Å². The lowest BCUT2D eigenvalue weighted by Gasteiger charge is -2.23. The summed E-state index contributed by atoms with van der Waals surface area (Å²) in [6.45, 7) is 6.26. The molecule has 4 nitrogen and oxygen atoms in total. The summed E-state index contributed by atoms with van der Waals surface area (Å²) in [5, 5.41) is 0. The Labute approximate surface area is 80.2 Å². The average molecular weight is 187 g/mol. The van der Waals surface area contributed by atoms with E-state index >= 15 is 0 Å². The molecule has 0 aliphatic carbocycles. The number of rotatable bonds is 6. The molecule has 0 saturated carbocycles. The Morgan fingerprint density at radius 1 is 1.23 bits per heavy atom. The van der Waals surface area contributed by atoms with E-state index in [1.165, 1.54) is 6.42 Å². The van der Waals surface area contributed by atoms with Crippen LogP contribution in [-0.2, 0) is 4.74 Å². The van der Waals surface area contributed by atoms with Crippen LogP contribution in [0.2, 0.25) is 0 Å². The van der Waals surface area contributed by atoms with E-state index in [4.69, 9.17) is 16.2 Å². The maximum Gasteiger partial charge on any atom is 0.0507 e. The molecule has 0 aromatic heterocycles. The van der Waals surface area contributed by atoms with Crippen molar-refractivity contribution in [2.75, 3.05) is 45.9 Å². The van der Waals surface area contributed by atoms with Crippen molar-refractivity contribution < 1.29 is 4.74 Å². The molecular formula is C9H21N3O. The summed E-state index contributed by atoms with van der Waals surface area (Å²) >= 11 is 0. The molecule has 1 rings (SSSR count). The topological polar surface area (TPSA) is 64.5 Å². The van der Waals surface area contributed by atoms with Crippen molar-refractivity contribution in [2.45, 2.75) is 6.42 Å². The first-order valence-corrected chi connectivity index (χ1v) is 5.07. The molecule has 4 N–H and O–H groups in total. The fraction of sp³-hybridized carbons (Fsp3) is 1.00. The van der Waals surface area contributed by atoms with Gasteiger partial charge in [-0.25, -0.2) is 0 Å². The monoisotopic (exact) mass is 187 g/mol. The summed E-state index contributed by atoms with van der Waals surface area (Å²) in [5.74, 6) is 0.693. The summed E-state index contributed by atoms with van der Waals surface area (Å²) in [6.07, 6.45) is 1.19. The van der Waals surface area contributed by atoms with Crippen molar-refractivity contribution >= 4 is 0 Å². The fourth-order valence-corrected chi connectivity index (χ4v) is 1.75. The zero-order valence-corrected chi connectivity index (χ0v) is 8.24. The number of ether oxygens (including phenoxy) is 1. The molecule has 78 valence electrons. The molecule has 0 aromatic rings. The van der Waals surface area contributed by atoms with E-state index in [9.17, 15) is 0 Å². The maximum absolute atomic E-state index is 5.52. The first-order chi connectivity index (χ1) is 6.36. The van der Waals surface area contributed by atoms with Crippen molar-refractivity contribution in [2.24, 2.45) is 17.4 Å². The molecule has 0 bridgehead atoms. The van der Waals surface area contributed by atoms with E-state index in [0.717, 1.165) is 32.8 Å². The quantitative estimate of drug-likeness (QED) is 0.574. The molecule has 13 heavy (non-hydrogen) atoms. The number of hydrogen-bond donors (Lipinski definition) is 2. The molecule has 1 fully saturated rings. The van der Waals surface area contributed by atoms with Gasteiger partial charge in [-0.2, -0.15) is 0 Å². The van der Waals surface area contributed by atoms with Crippen LogP contribution in [-0.4, -0.2) is 50.8 Å². The van der Waals surface area contributed by atoms with Gasteiger partial charge in [0.25, 0.3) is 0 Å². The predicted molar refractivity (Wildman–Crippen MR) is 53.5 cm³/mol. The second kappa shape index (κ2) is 6.32. The van der Waals surface area contributed by atoms with E-state index in [-0.39, 0.29) is 0 Å².